The zero-order valence-electron chi connectivity index (χ0n) is 63.3. The number of hydrogen-bond donors (Lipinski definition) is 12. The lowest BCUT2D eigenvalue weighted by atomic mass is 9.96. The van der Waals surface area contributed by atoms with Gasteiger partial charge in [-0.05, 0) is 70.6 Å². The molecule has 0 aromatic carbocycles. The number of carbonyl (C=O) groups is 1. The van der Waals surface area contributed by atoms with Crippen molar-refractivity contribution in [2.75, 3.05) is 26.4 Å². The van der Waals surface area contributed by atoms with Gasteiger partial charge in [0.15, 0.2) is 18.9 Å². The summed E-state index contributed by atoms with van der Waals surface area (Å²) in [6.07, 6.45) is 57.0. The largest absolute Gasteiger partial charge is 0.394 e. The van der Waals surface area contributed by atoms with Crippen LogP contribution in [0.5, 0.6) is 0 Å². The molecule has 3 aliphatic rings. The Hall–Kier alpha value is -3.03. The van der Waals surface area contributed by atoms with Gasteiger partial charge in [0.25, 0.3) is 0 Å². The smallest absolute Gasteiger partial charge is 0.220 e. The van der Waals surface area contributed by atoms with Crippen LogP contribution in [0.3, 0.4) is 0 Å². The first kappa shape index (κ1) is 93.2. The number of unbranched alkanes of at least 4 members (excludes halogenated alkanes) is 36. The molecular formula is C83H147NO18. The lowest BCUT2D eigenvalue weighted by molar-refractivity contribution is -0.379. The second-order valence-corrected chi connectivity index (χ2v) is 28.9. The number of nitrogens with one attached hydrogen (secondary N) is 1. The molecule has 3 saturated heterocycles. The summed E-state index contributed by atoms with van der Waals surface area (Å²) >= 11 is 0. The second-order valence-electron chi connectivity index (χ2n) is 28.9. The second kappa shape index (κ2) is 63.0. The first-order valence-corrected chi connectivity index (χ1v) is 40.8. The van der Waals surface area contributed by atoms with Crippen molar-refractivity contribution in [1.29, 1.82) is 0 Å². The van der Waals surface area contributed by atoms with Gasteiger partial charge in [0, 0.05) is 6.42 Å². The Bertz CT molecular complexity index is 2170. The molecule has 0 aliphatic carbocycles. The molecule has 19 heteroatoms. The third-order valence-corrected chi connectivity index (χ3v) is 19.9. The van der Waals surface area contributed by atoms with Crippen LogP contribution in [0, 0.1) is 0 Å². The highest BCUT2D eigenvalue weighted by molar-refractivity contribution is 5.76. The molecule has 3 fully saturated rings. The van der Waals surface area contributed by atoms with Crippen LogP contribution in [0.25, 0.3) is 0 Å². The van der Waals surface area contributed by atoms with E-state index >= 15 is 0 Å². The number of carbonyl (C=O) groups excluding carboxylic acids is 1. The van der Waals surface area contributed by atoms with E-state index in [4.69, 9.17) is 28.4 Å². The van der Waals surface area contributed by atoms with E-state index in [0.717, 1.165) is 96.3 Å². The fourth-order valence-electron chi connectivity index (χ4n) is 13.4. The van der Waals surface area contributed by atoms with Crippen LogP contribution in [0.2, 0.25) is 0 Å². The van der Waals surface area contributed by atoms with Crippen molar-refractivity contribution in [3.05, 3.63) is 85.1 Å². The molecule has 17 atom stereocenters. The highest BCUT2D eigenvalue weighted by atomic mass is 16.8. The molecule has 592 valence electrons. The van der Waals surface area contributed by atoms with E-state index in [2.05, 4.69) is 92.1 Å². The topological polar surface area (TPSA) is 307 Å². The minimum absolute atomic E-state index is 0.234. The maximum absolute atomic E-state index is 13.5. The molecule has 0 spiro atoms. The van der Waals surface area contributed by atoms with E-state index in [1.807, 2.05) is 6.08 Å². The SMILES string of the molecule is CC/C=C\C/C=C\C/C=C\C/C=C\C/C=C\C/C=C\CCCCCCCCCCCCC(=O)NC(COC1OC(CO)C(OC2OC(CO)C(OC3OC(CO)C(O)C(O)C3O)C(O)C2O)C(O)C1O)C(O)/C=C/CCCCCCCCCCCCCCCCCCCCCCCCCCCC. The Morgan fingerprint density at radius 3 is 1.06 bits per heavy atom. The number of amides is 1. The van der Waals surface area contributed by atoms with Crippen molar-refractivity contribution in [2.45, 2.75) is 407 Å². The molecule has 17 unspecified atom stereocenters. The fourth-order valence-corrected chi connectivity index (χ4v) is 13.4. The summed E-state index contributed by atoms with van der Waals surface area (Å²) in [7, 11) is 0. The molecule has 3 aliphatic heterocycles. The lowest BCUT2D eigenvalue weighted by Crippen LogP contribution is -2.66. The summed E-state index contributed by atoms with van der Waals surface area (Å²) in [5.74, 6) is -0.280. The van der Waals surface area contributed by atoms with Gasteiger partial charge in [0.05, 0.1) is 38.6 Å². The van der Waals surface area contributed by atoms with Crippen molar-refractivity contribution >= 4 is 5.91 Å². The van der Waals surface area contributed by atoms with Crippen LogP contribution in [0.4, 0.5) is 0 Å². The van der Waals surface area contributed by atoms with Crippen LogP contribution >= 0.6 is 0 Å². The van der Waals surface area contributed by atoms with Gasteiger partial charge in [-0.3, -0.25) is 4.79 Å². The zero-order chi connectivity index (χ0) is 73.9. The first-order valence-electron chi connectivity index (χ1n) is 40.8. The van der Waals surface area contributed by atoms with Crippen molar-refractivity contribution in [2.24, 2.45) is 0 Å². The molecule has 0 radical (unpaired) electrons. The van der Waals surface area contributed by atoms with E-state index < -0.39 is 124 Å². The number of allylic oxidation sites excluding steroid dienone is 13. The van der Waals surface area contributed by atoms with Gasteiger partial charge in [-0.15, -0.1) is 0 Å². The number of aliphatic hydroxyl groups is 11. The number of ether oxygens (including phenoxy) is 6. The molecule has 12 N–H and O–H groups in total. The third kappa shape index (κ3) is 42.5. The van der Waals surface area contributed by atoms with Gasteiger partial charge in [0.1, 0.15) is 73.2 Å². The van der Waals surface area contributed by atoms with Gasteiger partial charge >= 0.3 is 0 Å². The Kier molecular flexibility index (Phi) is 57.5. The van der Waals surface area contributed by atoms with Crippen molar-refractivity contribution in [3.8, 4) is 0 Å². The molecule has 19 nitrogen and oxygen atoms in total. The molecule has 0 bridgehead atoms. The fraction of sp³-hybridized carbons (Fsp3) is 0.819. The molecule has 1 amide bonds. The van der Waals surface area contributed by atoms with Crippen molar-refractivity contribution in [1.82, 2.24) is 5.32 Å². The molecule has 3 rings (SSSR count). The van der Waals surface area contributed by atoms with Gasteiger partial charge in [-0.2, -0.15) is 0 Å². The Balaban J connectivity index is 1.38. The molecular weight excluding hydrogens is 1300 g/mol. The molecule has 102 heavy (non-hydrogen) atoms. The predicted molar refractivity (Wildman–Crippen MR) is 406 cm³/mol. The van der Waals surface area contributed by atoms with Gasteiger partial charge in [-0.1, -0.05) is 311 Å². The van der Waals surface area contributed by atoms with E-state index in [1.54, 1.807) is 6.08 Å². The maximum atomic E-state index is 13.5. The highest BCUT2D eigenvalue weighted by Gasteiger charge is 2.54. The normalized spacial score (nSPS) is 26.6. The van der Waals surface area contributed by atoms with E-state index in [-0.39, 0.29) is 18.9 Å². The van der Waals surface area contributed by atoms with Crippen molar-refractivity contribution in [3.63, 3.8) is 0 Å². The Morgan fingerprint density at radius 2 is 0.676 bits per heavy atom. The molecule has 0 saturated carbocycles. The number of hydrogen-bond acceptors (Lipinski definition) is 18. The summed E-state index contributed by atoms with van der Waals surface area (Å²) in [5.41, 5.74) is 0. The van der Waals surface area contributed by atoms with Crippen molar-refractivity contribution < 1.29 is 89.4 Å². The van der Waals surface area contributed by atoms with Crippen LogP contribution in [-0.2, 0) is 33.2 Å². The predicted octanol–water partition coefficient (Wildman–Crippen LogP) is 13.8. The van der Waals surface area contributed by atoms with Gasteiger partial charge < -0.3 is 89.9 Å². The number of rotatable bonds is 64. The van der Waals surface area contributed by atoms with E-state index in [1.165, 1.54) is 180 Å². The lowest BCUT2D eigenvalue weighted by Gasteiger charge is -2.48. The van der Waals surface area contributed by atoms with E-state index in [0.29, 0.717) is 6.42 Å². The molecule has 0 aromatic heterocycles. The number of aliphatic hydroxyl groups excluding tert-OH is 11. The minimum Gasteiger partial charge on any atom is -0.394 e. The van der Waals surface area contributed by atoms with Crippen LogP contribution in [-0.4, -0.2) is 193 Å². The summed E-state index contributed by atoms with van der Waals surface area (Å²) in [5, 5.41) is 121. The molecule has 3 heterocycles. The summed E-state index contributed by atoms with van der Waals surface area (Å²) < 4.78 is 34.5. The average molecular weight is 1450 g/mol. The van der Waals surface area contributed by atoms with Crippen LogP contribution in [0.1, 0.15) is 303 Å². The molecule has 0 aromatic rings. The summed E-state index contributed by atoms with van der Waals surface area (Å²) in [6, 6.07) is -0.983. The minimum atomic E-state index is -1.98. The third-order valence-electron chi connectivity index (χ3n) is 19.9. The standard InChI is InChI=1S/C83H147NO18/c1-3-5-7-9-11-13-15-17-19-21-23-25-27-29-31-33-35-37-39-41-43-45-47-49-51-53-55-57-59-61-71(89)84-66(67(88)60-58-56-54-52-50-48-46-44-42-40-38-36-34-32-30-28-26-24-22-20-18-16-14-12-10-8-6-4-2)65-97-81-77(95)74(92)79(69(63-86)99-81)102-83-78(96)75(93)80(70(64-87)100-83)101-82-76(94)73(91)72(90)68(62-85)98-82/h5,7,11,13,17,19,23,25,29,31,35,37,58,60,66-70,72-83,85-88,90-96H,3-4,6,8-10,12,14-16,18,20-22,24,26-28,30,32-34,36,38-57,59,61-65H2,1-2H3,(H,84,89)/b7-5-,13-11-,19-17-,25-23-,31-29-,37-35-,60-58+. The quantitative estimate of drug-likeness (QED) is 0.0199. The summed E-state index contributed by atoms with van der Waals surface area (Å²) in [6.45, 7) is 1.65. The Morgan fingerprint density at radius 1 is 0.363 bits per heavy atom. The summed E-state index contributed by atoms with van der Waals surface area (Å²) in [4.78, 5) is 13.5. The maximum Gasteiger partial charge on any atom is 0.220 e. The van der Waals surface area contributed by atoms with Gasteiger partial charge in [-0.25, -0.2) is 0 Å². The van der Waals surface area contributed by atoms with E-state index in [9.17, 15) is 61.0 Å². The van der Waals surface area contributed by atoms with Crippen LogP contribution in [0.15, 0.2) is 85.1 Å². The zero-order valence-corrected chi connectivity index (χ0v) is 63.3. The Labute approximate surface area is 616 Å². The van der Waals surface area contributed by atoms with Crippen LogP contribution < -0.4 is 5.32 Å². The average Bonchev–Trinajstić information content (AvgIpc) is 0.766. The van der Waals surface area contributed by atoms with Gasteiger partial charge in [0.2, 0.25) is 5.91 Å². The monoisotopic (exact) mass is 1450 g/mol. The highest BCUT2D eigenvalue weighted by Crippen LogP contribution is 2.33. The first-order chi connectivity index (χ1) is 49.8.